The molecule has 0 spiro atoms. The van der Waals surface area contributed by atoms with Gasteiger partial charge in [0.15, 0.2) is 0 Å². The first kappa shape index (κ1) is 11.9. The van der Waals surface area contributed by atoms with Gasteiger partial charge in [0.2, 0.25) is 11.8 Å². The number of aromatic nitrogens is 2. The summed E-state index contributed by atoms with van der Waals surface area (Å²) in [4.78, 5) is 0. The Morgan fingerprint density at radius 2 is 2.31 bits per heavy atom. The van der Waals surface area contributed by atoms with E-state index in [1.54, 1.807) is 0 Å². The van der Waals surface area contributed by atoms with Gasteiger partial charge in [0, 0.05) is 6.04 Å². The Labute approximate surface area is 101 Å². The number of rotatable bonds is 4. The molecule has 0 aromatic carbocycles. The molecule has 2 heterocycles. The van der Waals surface area contributed by atoms with Crippen LogP contribution in [0, 0.1) is 0 Å². The summed E-state index contributed by atoms with van der Waals surface area (Å²) in [6.45, 7) is 7.06. The van der Waals surface area contributed by atoms with Crippen molar-refractivity contribution in [3.8, 4) is 0 Å². The zero-order valence-electron chi connectivity index (χ0n) is 10.1. The number of thioether (sulfide) groups is 1. The lowest BCUT2D eigenvalue weighted by Gasteiger charge is -2.16. The molecule has 4 nitrogen and oxygen atoms in total. The van der Waals surface area contributed by atoms with E-state index in [1.807, 2.05) is 11.8 Å². The lowest BCUT2D eigenvalue weighted by atomic mass is 10.1. The zero-order valence-corrected chi connectivity index (χ0v) is 10.9. The summed E-state index contributed by atoms with van der Waals surface area (Å²) in [5.74, 6) is 2.67. The van der Waals surface area contributed by atoms with Gasteiger partial charge in [-0.3, -0.25) is 0 Å². The molecule has 90 valence electrons. The highest BCUT2D eigenvalue weighted by atomic mass is 32.2. The molecule has 1 aromatic heterocycles. The molecule has 1 unspecified atom stereocenters. The molecule has 0 bridgehead atoms. The molecular formula is C11H19N3OS. The van der Waals surface area contributed by atoms with Crippen LogP contribution in [0.3, 0.4) is 0 Å². The molecule has 1 aliphatic heterocycles. The Bertz CT molecular complexity index is 345. The monoisotopic (exact) mass is 241 g/mol. The molecule has 1 atom stereocenters. The molecule has 1 fully saturated rings. The Morgan fingerprint density at radius 1 is 1.50 bits per heavy atom. The van der Waals surface area contributed by atoms with E-state index < -0.39 is 0 Å². The average molecular weight is 241 g/mol. The van der Waals surface area contributed by atoms with Crippen molar-refractivity contribution in [1.82, 2.24) is 15.5 Å². The van der Waals surface area contributed by atoms with Gasteiger partial charge in [-0.2, -0.15) is 0 Å². The van der Waals surface area contributed by atoms with Crippen molar-refractivity contribution in [2.24, 2.45) is 0 Å². The van der Waals surface area contributed by atoms with Crippen molar-refractivity contribution >= 4 is 11.8 Å². The third-order valence-corrected chi connectivity index (χ3v) is 4.31. The molecule has 0 aliphatic carbocycles. The van der Waals surface area contributed by atoms with Crippen molar-refractivity contribution in [1.29, 1.82) is 0 Å². The predicted molar refractivity (Wildman–Crippen MR) is 65.3 cm³/mol. The lowest BCUT2D eigenvalue weighted by Crippen LogP contribution is -2.22. The minimum absolute atomic E-state index is 0.0447. The number of hydrogen-bond donors (Lipinski definition) is 1. The van der Waals surface area contributed by atoms with Gasteiger partial charge in [0.05, 0.1) is 11.3 Å². The molecule has 2 rings (SSSR count). The van der Waals surface area contributed by atoms with E-state index in [-0.39, 0.29) is 4.75 Å². The molecule has 5 heteroatoms. The molecule has 1 N–H and O–H groups in total. The Hall–Kier alpha value is -0.550. The average Bonchev–Trinajstić information content (AvgIpc) is 2.84. The highest BCUT2D eigenvalue weighted by molar-refractivity contribution is 8.00. The second-order valence-electron chi connectivity index (χ2n) is 4.72. The van der Waals surface area contributed by atoms with Gasteiger partial charge in [0.1, 0.15) is 0 Å². The van der Waals surface area contributed by atoms with Gasteiger partial charge >= 0.3 is 0 Å². The maximum Gasteiger partial charge on any atom is 0.232 e. The van der Waals surface area contributed by atoms with Crippen LogP contribution >= 0.6 is 11.8 Å². The first-order valence-electron chi connectivity index (χ1n) is 5.80. The maximum atomic E-state index is 5.72. The summed E-state index contributed by atoms with van der Waals surface area (Å²) >= 11 is 1.92. The maximum absolute atomic E-state index is 5.72. The van der Waals surface area contributed by atoms with E-state index in [0.717, 1.165) is 12.3 Å². The van der Waals surface area contributed by atoms with Gasteiger partial charge in [0.25, 0.3) is 0 Å². The van der Waals surface area contributed by atoms with Crippen molar-refractivity contribution in [3.63, 3.8) is 0 Å². The van der Waals surface area contributed by atoms with E-state index in [9.17, 15) is 0 Å². The molecule has 1 saturated heterocycles. The fourth-order valence-corrected chi connectivity index (χ4v) is 3.01. The van der Waals surface area contributed by atoms with Gasteiger partial charge in [-0.25, -0.2) is 0 Å². The third kappa shape index (κ3) is 2.58. The molecule has 0 saturated carbocycles. The van der Waals surface area contributed by atoms with Crippen molar-refractivity contribution in [2.75, 3.05) is 5.75 Å². The summed E-state index contributed by atoms with van der Waals surface area (Å²) in [5.41, 5.74) is 0. The van der Waals surface area contributed by atoms with Crippen molar-refractivity contribution in [2.45, 2.75) is 50.9 Å². The SMILES string of the molecule is CC(C)NCc1nnc(C2(C)CCCS2)o1. The van der Waals surface area contributed by atoms with Crippen LogP contribution in [0.5, 0.6) is 0 Å². The van der Waals surface area contributed by atoms with Crippen LogP contribution in [0.1, 0.15) is 45.4 Å². The Morgan fingerprint density at radius 3 is 2.94 bits per heavy atom. The summed E-state index contributed by atoms with van der Waals surface area (Å²) in [6.07, 6.45) is 2.38. The van der Waals surface area contributed by atoms with Crippen LogP contribution in [-0.4, -0.2) is 22.0 Å². The zero-order chi connectivity index (χ0) is 11.6. The summed E-state index contributed by atoms with van der Waals surface area (Å²) in [6, 6.07) is 0.437. The summed E-state index contributed by atoms with van der Waals surface area (Å²) in [7, 11) is 0. The summed E-state index contributed by atoms with van der Waals surface area (Å²) in [5, 5.41) is 11.5. The quantitative estimate of drug-likeness (QED) is 0.876. The van der Waals surface area contributed by atoms with Crippen LogP contribution in [0.25, 0.3) is 0 Å². The number of nitrogens with zero attached hydrogens (tertiary/aromatic N) is 2. The molecule has 1 aliphatic rings. The van der Waals surface area contributed by atoms with E-state index in [0.29, 0.717) is 18.5 Å². The van der Waals surface area contributed by atoms with Gasteiger partial charge in [-0.15, -0.1) is 22.0 Å². The second-order valence-corrected chi connectivity index (χ2v) is 6.32. The third-order valence-electron chi connectivity index (χ3n) is 2.80. The molecule has 16 heavy (non-hydrogen) atoms. The molecular weight excluding hydrogens is 222 g/mol. The van der Waals surface area contributed by atoms with Crippen molar-refractivity contribution < 1.29 is 4.42 Å². The van der Waals surface area contributed by atoms with E-state index in [4.69, 9.17) is 4.42 Å². The first-order valence-corrected chi connectivity index (χ1v) is 6.79. The lowest BCUT2D eigenvalue weighted by molar-refractivity contribution is 0.386. The van der Waals surface area contributed by atoms with Gasteiger partial charge < -0.3 is 9.73 Å². The number of hydrogen-bond acceptors (Lipinski definition) is 5. The smallest absolute Gasteiger partial charge is 0.232 e. The fraction of sp³-hybridized carbons (Fsp3) is 0.818. The van der Waals surface area contributed by atoms with Crippen LogP contribution in [0.4, 0.5) is 0 Å². The van der Waals surface area contributed by atoms with Crippen LogP contribution in [0.15, 0.2) is 4.42 Å². The predicted octanol–water partition coefficient (Wildman–Crippen LogP) is 2.31. The van der Waals surface area contributed by atoms with Gasteiger partial charge in [-0.05, 0) is 25.5 Å². The Balaban J connectivity index is 2.01. The summed E-state index contributed by atoms with van der Waals surface area (Å²) < 4.78 is 5.76. The van der Waals surface area contributed by atoms with Crippen LogP contribution in [-0.2, 0) is 11.3 Å². The fourth-order valence-electron chi connectivity index (χ4n) is 1.78. The topological polar surface area (TPSA) is 51.0 Å². The first-order chi connectivity index (χ1) is 7.60. The molecule has 0 radical (unpaired) electrons. The highest BCUT2D eigenvalue weighted by Crippen LogP contribution is 2.45. The van der Waals surface area contributed by atoms with Crippen LogP contribution < -0.4 is 5.32 Å². The number of nitrogens with one attached hydrogen (secondary N) is 1. The Kier molecular flexibility index (Phi) is 3.54. The standard InChI is InChI=1S/C11H19N3OS/c1-8(2)12-7-9-13-14-10(15-9)11(3)5-4-6-16-11/h8,12H,4-7H2,1-3H3. The largest absolute Gasteiger partial charge is 0.422 e. The molecule has 1 aromatic rings. The molecule has 0 amide bonds. The minimum atomic E-state index is 0.0447. The van der Waals surface area contributed by atoms with E-state index in [1.165, 1.54) is 12.2 Å². The van der Waals surface area contributed by atoms with Crippen LogP contribution in [0.2, 0.25) is 0 Å². The second kappa shape index (κ2) is 4.75. The van der Waals surface area contributed by atoms with Gasteiger partial charge in [-0.1, -0.05) is 13.8 Å². The minimum Gasteiger partial charge on any atom is -0.422 e. The highest BCUT2D eigenvalue weighted by Gasteiger charge is 2.36. The van der Waals surface area contributed by atoms with E-state index in [2.05, 4.69) is 36.3 Å². The normalized spacial score (nSPS) is 25.5. The van der Waals surface area contributed by atoms with Crippen molar-refractivity contribution in [3.05, 3.63) is 11.8 Å². The van der Waals surface area contributed by atoms with E-state index >= 15 is 0 Å².